The van der Waals surface area contributed by atoms with Gasteiger partial charge in [-0.1, -0.05) is 55.5 Å². The molecule has 0 aliphatic heterocycles. The zero-order chi connectivity index (χ0) is 44.4. The van der Waals surface area contributed by atoms with Crippen molar-refractivity contribution >= 4 is 0 Å². The monoisotopic (exact) mass is 866 g/mol. The van der Waals surface area contributed by atoms with Gasteiger partial charge in [0.1, 0.15) is 34.1 Å². The molecule has 0 amide bonds. The molecule has 62 heavy (non-hydrogen) atoms. The molecule has 1 atom stereocenters. The molecule has 14 heteroatoms. The Morgan fingerprint density at radius 1 is 0.468 bits per heavy atom. The molecule has 1 unspecified atom stereocenters. The van der Waals surface area contributed by atoms with Crippen molar-refractivity contribution in [3.63, 3.8) is 0 Å². The van der Waals surface area contributed by atoms with Gasteiger partial charge in [-0.3, -0.25) is 0 Å². The maximum absolute atomic E-state index is 14.8. The lowest BCUT2D eigenvalue weighted by atomic mass is 10.0. The molecule has 6 nitrogen and oxygen atoms in total. The Morgan fingerprint density at radius 3 is 1.24 bits per heavy atom. The standard InChI is InChI=1S/C48H42F8O6/c1-3-58-42-27-25-40(44(50)46(42)52)48(55,56)62-38-22-14-34(15-23-38)32-10-18-36(19-11-32)60-29-5-7-30(2)6-4-28-59-35-16-8-31(9-17-35)33-12-20-37(21-13-33)61-47(53,54)39-24-26-41(57)45(51)43(39)49/h8-27,30,57H,3-7,28-29H2,1-2H3. The molecule has 0 fully saturated rings. The van der Waals surface area contributed by atoms with Gasteiger partial charge in [-0.15, -0.1) is 0 Å². The molecule has 6 rings (SSSR count). The average molecular weight is 867 g/mol. The quantitative estimate of drug-likeness (QED) is 0.0609. The van der Waals surface area contributed by atoms with Crippen LogP contribution in [0.1, 0.15) is 50.7 Å². The van der Waals surface area contributed by atoms with Crippen molar-refractivity contribution in [2.24, 2.45) is 5.92 Å². The molecular weight excluding hydrogens is 825 g/mol. The Hall–Kier alpha value is -6.44. The zero-order valence-electron chi connectivity index (χ0n) is 33.6. The Morgan fingerprint density at radius 2 is 0.839 bits per heavy atom. The van der Waals surface area contributed by atoms with Gasteiger partial charge in [-0.05, 0) is 134 Å². The topological polar surface area (TPSA) is 66.4 Å². The summed E-state index contributed by atoms with van der Waals surface area (Å²) in [5.74, 6) is -7.20. The summed E-state index contributed by atoms with van der Waals surface area (Å²) in [5, 5.41) is 9.21. The van der Waals surface area contributed by atoms with E-state index in [1.165, 1.54) is 24.3 Å². The van der Waals surface area contributed by atoms with Crippen LogP contribution in [0, 0.1) is 29.2 Å². The lowest BCUT2D eigenvalue weighted by molar-refractivity contribution is -0.188. The fourth-order valence-corrected chi connectivity index (χ4v) is 6.50. The largest absolute Gasteiger partial charge is 0.505 e. The van der Waals surface area contributed by atoms with Gasteiger partial charge in [0.05, 0.1) is 19.8 Å². The van der Waals surface area contributed by atoms with E-state index in [0.717, 1.165) is 54.5 Å². The highest BCUT2D eigenvalue weighted by atomic mass is 19.3. The summed E-state index contributed by atoms with van der Waals surface area (Å²) < 4.78 is 141. The molecule has 1 N–H and O–H groups in total. The van der Waals surface area contributed by atoms with Crippen molar-refractivity contribution in [2.75, 3.05) is 19.8 Å². The van der Waals surface area contributed by atoms with Crippen molar-refractivity contribution in [2.45, 2.75) is 51.7 Å². The van der Waals surface area contributed by atoms with Crippen molar-refractivity contribution in [1.82, 2.24) is 0 Å². The van der Waals surface area contributed by atoms with Gasteiger partial charge in [-0.2, -0.15) is 26.3 Å². The van der Waals surface area contributed by atoms with Crippen LogP contribution in [0.2, 0.25) is 0 Å². The number of rotatable bonds is 20. The molecule has 0 saturated carbocycles. The first-order chi connectivity index (χ1) is 29.6. The van der Waals surface area contributed by atoms with Crippen LogP contribution in [0.25, 0.3) is 22.3 Å². The highest BCUT2D eigenvalue weighted by Gasteiger charge is 2.40. The van der Waals surface area contributed by atoms with Crippen LogP contribution in [-0.4, -0.2) is 24.9 Å². The SMILES string of the molecule is CCOc1ccc(C(F)(F)Oc2ccc(-c3ccc(OCCCC(C)CCCOc4ccc(-c5ccc(OC(F)(F)c6ccc(O)c(F)c6F)cc5)cc4)cc3)cc2)c(F)c1F. The van der Waals surface area contributed by atoms with Crippen LogP contribution in [-0.2, 0) is 12.2 Å². The number of halogens is 8. The van der Waals surface area contributed by atoms with E-state index in [1.54, 1.807) is 43.3 Å². The van der Waals surface area contributed by atoms with Gasteiger partial charge >= 0.3 is 12.2 Å². The first kappa shape index (κ1) is 45.1. The Bertz CT molecular complexity index is 2390. The van der Waals surface area contributed by atoms with Crippen molar-refractivity contribution < 1.29 is 63.9 Å². The van der Waals surface area contributed by atoms with Crippen LogP contribution < -0.4 is 23.7 Å². The van der Waals surface area contributed by atoms with E-state index in [0.29, 0.717) is 48.3 Å². The summed E-state index contributed by atoms with van der Waals surface area (Å²) in [6.45, 7) is 4.81. The summed E-state index contributed by atoms with van der Waals surface area (Å²) in [7, 11) is 0. The molecule has 0 aliphatic rings. The second kappa shape index (κ2) is 20.0. The molecule has 326 valence electrons. The van der Waals surface area contributed by atoms with Gasteiger partial charge in [0.25, 0.3) is 0 Å². The first-order valence-electron chi connectivity index (χ1n) is 19.7. The third kappa shape index (κ3) is 11.3. The Labute approximate surface area is 353 Å². The average Bonchev–Trinajstić information content (AvgIpc) is 3.25. The lowest BCUT2D eigenvalue weighted by Crippen LogP contribution is -2.24. The molecule has 0 aromatic heterocycles. The molecule has 0 saturated heterocycles. The van der Waals surface area contributed by atoms with E-state index in [4.69, 9.17) is 18.9 Å². The van der Waals surface area contributed by atoms with E-state index in [1.807, 2.05) is 36.4 Å². The van der Waals surface area contributed by atoms with E-state index in [2.05, 4.69) is 11.7 Å². The van der Waals surface area contributed by atoms with Crippen molar-refractivity contribution in [3.05, 3.63) is 156 Å². The third-order valence-corrected chi connectivity index (χ3v) is 9.83. The lowest BCUT2D eigenvalue weighted by Gasteiger charge is -2.20. The van der Waals surface area contributed by atoms with E-state index >= 15 is 0 Å². The number of ether oxygens (including phenoxy) is 5. The zero-order valence-corrected chi connectivity index (χ0v) is 33.6. The van der Waals surface area contributed by atoms with Gasteiger partial charge in [0, 0.05) is 0 Å². The number of hydrogen-bond acceptors (Lipinski definition) is 6. The number of phenolic OH excluding ortho intramolecular Hbond substituents is 1. The van der Waals surface area contributed by atoms with Crippen LogP contribution >= 0.6 is 0 Å². The number of phenols is 1. The molecule has 6 aromatic carbocycles. The highest BCUT2D eigenvalue weighted by molar-refractivity contribution is 5.66. The summed E-state index contributed by atoms with van der Waals surface area (Å²) >= 11 is 0. The normalized spacial score (nSPS) is 12.2. The summed E-state index contributed by atoms with van der Waals surface area (Å²) in [5.41, 5.74) is 0.440. The van der Waals surface area contributed by atoms with E-state index < -0.39 is 58.1 Å². The van der Waals surface area contributed by atoms with Gasteiger partial charge in [0.15, 0.2) is 23.1 Å². The molecular formula is C48H42F8O6. The molecule has 0 aliphatic carbocycles. The maximum atomic E-state index is 14.8. The first-order valence-corrected chi connectivity index (χ1v) is 19.7. The fourth-order valence-electron chi connectivity index (χ4n) is 6.50. The maximum Gasteiger partial charge on any atom is 0.429 e. The predicted molar refractivity (Wildman–Crippen MR) is 217 cm³/mol. The van der Waals surface area contributed by atoms with E-state index in [-0.39, 0.29) is 18.1 Å². The number of aromatic hydroxyl groups is 1. The van der Waals surface area contributed by atoms with E-state index in [9.17, 15) is 40.2 Å². The smallest absolute Gasteiger partial charge is 0.429 e. The minimum atomic E-state index is -4.19. The van der Waals surface area contributed by atoms with Gasteiger partial charge < -0.3 is 28.8 Å². The minimum Gasteiger partial charge on any atom is -0.505 e. The fraction of sp³-hybridized carbons (Fsp3) is 0.250. The molecule has 6 aromatic rings. The Balaban J connectivity index is 0.872. The second-order valence-corrected chi connectivity index (χ2v) is 14.4. The molecule has 0 spiro atoms. The predicted octanol–water partition coefficient (Wildman–Crippen LogP) is 13.6. The second-order valence-electron chi connectivity index (χ2n) is 14.4. The van der Waals surface area contributed by atoms with Crippen LogP contribution in [0.5, 0.6) is 34.5 Å². The van der Waals surface area contributed by atoms with Gasteiger partial charge in [-0.25, -0.2) is 8.78 Å². The van der Waals surface area contributed by atoms with Gasteiger partial charge in [0.2, 0.25) is 11.6 Å². The summed E-state index contributed by atoms with van der Waals surface area (Å²) in [4.78, 5) is 0. The molecule has 0 heterocycles. The van der Waals surface area contributed by atoms with Crippen LogP contribution in [0.4, 0.5) is 35.1 Å². The number of hydrogen-bond donors (Lipinski definition) is 1. The molecule has 0 bridgehead atoms. The summed E-state index contributed by atoms with van der Waals surface area (Å²) in [6, 6.07) is 28.9. The van der Waals surface area contributed by atoms with Crippen molar-refractivity contribution in [1.29, 1.82) is 0 Å². The van der Waals surface area contributed by atoms with Crippen LogP contribution in [0.15, 0.2) is 121 Å². The van der Waals surface area contributed by atoms with Crippen LogP contribution in [0.3, 0.4) is 0 Å². The number of alkyl halides is 4. The summed E-state index contributed by atoms with van der Waals surface area (Å²) in [6.07, 6.45) is -4.73. The highest BCUT2D eigenvalue weighted by Crippen LogP contribution is 2.38. The number of benzene rings is 6. The third-order valence-electron chi connectivity index (χ3n) is 9.83. The Kier molecular flexibility index (Phi) is 14.5. The molecule has 0 radical (unpaired) electrons. The van der Waals surface area contributed by atoms with Crippen molar-refractivity contribution in [3.8, 4) is 56.8 Å². The minimum absolute atomic E-state index is 0.0405.